The molecule has 3 aromatic rings. The van der Waals surface area contributed by atoms with Crippen LogP contribution >= 0.6 is 0 Å². The van der Waals surface area contributed by atoms with E-state index >= 15 is 0 Å². The molecule has 3 rings (SSSR count). The Hall–Kier alpha value is -2.83. The van der Waals surface area contributed by atoms with E-state index < -0.39 is 5.97 Å². The van der Waals surface area contributed by atoms with E-state index in [9.17, 15) is 9.59 Å². The zero-order valence-electron chi connectivity index (χ0n) is 10.7. The summed E-state index contributed by atoms with van der Waals surface area (Å²) in [5.74, 6) is -1.02. The first kappa shape index (κ1) is 12.2. The number of rotatable bonds is 3. The minimum Gasteiger partial charge on any atom is -0.478 e. The van der Waals surface area contributed by atoms with Crippen LogP contribution in [0.3, 0.4) is 0 Å². The number of aromatic carboxylic acids is 1. The average Bonchev–Trinajstić information content (AvgIpc) is 2.94. The molecule has 0 atom stereocenters. The molecule has 0 fully saturated rings. The lowest BCUT2D eigenvalue weighted by molar-refractivity contribution is 0.0697. The van der Waals surface area contributed by atoms with Gasteiger partial charge in [-0.1, -0.05) is 0 Å². The lowest BCUT2D eigenvalue weighted by Gasteiger charge is -2.01. The standard InChI is InChI=1S/C13H12N4O3/c1-16-6-8(5-14-16)7-17-11-3-2-9(12(18)19)4-10(11)15-13(17)20/h2-6H,7H2,1H3,(H,15,20)(H,18,19). The van der Waals surface area contributed by atoms with E-state index in [1.807, 2.05) is 6.20 Å². The van der Waals surface area contributed by atoms with E-state index in [0.717, 1.165) is 5.56 Å². The van der Waals surface area contributed by atoms with Crippen molar-refractivity contribution in [2.45, 2.75) is 6.54 Å². The molecule has 2 N–H and O–H groups in total. The van der Waals surface area contributed by atoms with E-state index in [4.69, 9.17) is 5.11 Å². The normalized spacial score (nSPS) is 11.1. The van der Waals surface area contributed by atoms with E-state index in [1.165, 1.54) is 12.1 Å². The highest BCUT2D eigenvalue weighted by molar-refractivity contribution is 5.92. The first-order valence-electron chi connectivity index (χ1n) is 5.98. The number of carboxylic acid groups (broad SMARTS) is 1. The van der Waals surface area contributed by atoms with Gasteiger partial charge in [0.25, 0.3) is 0 Å². The molecule has 0 aliphatic carbocycles. The lowest BCUT2D eigenvalue weighted by atomic mass is 10.2. The molecular formula is C13H12N4O3. The van der Waals surface area contributed by atoms with Crippen molar-refractivity contribution in [2.75, 3.05) is 0 Å². The van der Waals surface area contributed by atoms with Crippen molar-refractivity contribution in [2.24, 2.45) is 7.05 Å². The maximum atomic E-state index is 12.0. The molecule has 2 aromatic heterocycles. The third kappa shape index (κ3) is 1.99. The first-order valence-corrected chi connectivity index (χ1v) is 5.98. The summed E-state index contributed by atoms with van der Waals surface area (Å²) >= 11 is 0. The molecule has 0 aliphatic heterocycles. The summed E-state index contributed by atoms with van der Waals surface area (Å²) in [4.78, 5) is 25.6. The zero-order valence-corrected chi connectivity index (χ0v) is 10.7. The van der Waals surface area contributed by atoms with Gasteiger partial charge in [-0.05, 0) is 18.2 Å². The van der Waals surface area contributed by atoms with Gasteiger partial charge in [0, 0.05) is 18.8 Å². The number of imidazole rings is 1. The van der Waals surface area contributed by atoms with Crippen LogP contribution in [0.25, 0.3) is 11.0 Å². The molecular weight excluding hydrogens is 260 g/mol. The minimum atomic E-state index is -1.02. The largest absolute Gasteiger partial charge is 0.478 e. The molecule has 0 spiro atoms. The van der Waals surface area contributed by atoms with Gasteiger partial charge in [0.15, 0.2) is 0 Å². The van der Waals surface area contributed by atoms with Crippen LogP contribution in [0.15, 0.2) is 35.4 Å². The number of hydrogen-bond acceptors (Lipinski definition) is 3. The Labute approximate surface area is 113 Å². The highest BCUT2D eigenvalue weighted by atomic mass is 16.4. The van der Waals surface area contributed by atoms with Crippen molar-refractivity contribution >= 4 is 17.0 Å². The van der Waals surface area contributed by atoms with Crippen LogP contribution < -0.4 is 5.69 Å². The van der Waals surface area contributed by atoms with E-state index in [2.05, 4.69) is 10.1 Å². The molecule has 2 heterocycles. The minimum absolute atomic E-state index is 0.146. The molecule has 0 saturated carbocycles. The Morgan fingerprint density at radius 1 is 1.45 bits per heavy atom. The molecule has 102 valence electrons. The molecule has 0 aliphatic rings. The van der Waals surface area contributed by atoms with Gasteiger partial charge in [0.1, 0.15) is 0 Å². The van der Waals surface area contributed by atoms with Crippen molar-refractivity contribution in [3.05, 3.63) is 52.2 Å². The lowest BCUT2D eigenvalue weighted by Crippen LogP contribution is -2.17. The molecule has 1 aromatic carbocycles. The number of benzene rings is 1. The quantitative estimate of drug-likeness (QED) is 0.738. The summed E-state index contributed by atoms with van der Waals surface area (Å²) in [5, 5.41) is 13.0. The van der Waals surface area contributed by atoms with Crippen molar-refractivity contribution in [1.82, 2.24) is 19.3 Å². The Balaban J connectivity index is 2.09. The maximum Gasteiger partial charge on any atom is 0.335 e. The molecule has 7 nitrogen and oxygen atoms in total. The van der Waals surface area contributed by atoms with Crippen LogP contribution in [0.1, 0.15) is 15.9 Å². The summed E-state index contributed by atoms with van der Waals surface area (Å²) in [6.45, 7) is 0.388. The van der Waals surface area contributed by atoms with Gasteiger partial charge >= 0.3 is 11.7 Å². The second-order valence-electron chi connectivity index (χ2n) is 4.58. The number of fused-ring (bicyclic) bond motifs is 1. The van der Waals surface area contributed by atoms with Crippen molar-refractivity contribution in [3.8, 4) is 0 Å². The zero-order chi connectivity index (χ0) is 14.3. The summed E-state index contributed by atoms with van der Waals surface area (Å²) in [7, 11) is 1.81. The third-order valence-corrected chi connectivity index (χ3v) is 3.12. The van der Waals surface area contributed by atoms with Gasteiger partial charge in [-0.15, -0.1) is 0 Å². The molecule has 0 saturated heterocycles. The van der Waals surface area contributed by atoms with E-state index in [1.54, 1.807) is 28.6 Å². The average molecular weight is 272 g/mol. The van der Waals surface area contributed by atoms with Gasteiger partial charge in [-0.3, -0.25) is 9.25 Å². The fourth-order valence-corrected chi connectivity index (χ4v) is 2.19. The third-order valence-electron chi connectivity index (χ3n) is 3.12. The summed E-state index contributed by atoms with van der Waals surface area (Å²) in [5.41, 5.74) is 1.96. The monoisotopic (exact) mass is 272 g/mol. The Bertz CT molecular complexity index is 856. The second-order valence-corrected chi connectivity index (χ2v) is 4.58. The highest BCUT2D eigenvalue weighted by Crippen LogP contribution is 2.14. The number of hydrogen-bond donors (Lipinski definition) is 2. The molecule has 7 heteroatoms. The van der Waals surface area contributed by atoms with E-state index in [0.29, 0.717) is 17.6 Å². The smallest absolute Gasteiger partial charge is 0.335 e. The maximum absolute atomic E-state index is 12.0. The number of aromatic nitrogens is 4. The van der Waals surface area contributed by atoms with Crippen LogP contribution in [0.2, 0.25) is 0 Å². The molecule has 0 amide bonds. The first-order chi connectivity index (χ1) is 9.54. The predicted molar refractivity (Wildman–Crippen MR) is 71.8 cm³/mol. The number of H-pyrrole nitrogens is 1. The summed E-state index contributed by atoms with van der Waals surface area (Å²) in [6, 6.07) is 4.57. The van der Waals surface area contributed by atoms with Crippen LogP contribution in [0.4, 0.5) is 0 Å². The number of carboxylic acids is 1. The number of aromatic amines is 1. The van der Waals surface area contributed by atoms with E-state index in [-0.39, 0.29) is 11.3 Å². The molecule has 20 heavy (non-hydrogen) atoms. The Morgan fingerprint density at radius 3 is 2.90 bits per heavy atom. The SMILES string of the molecule is Cn1cc(Cn2c(=O)[nH]c3cc(C(=O)O)ccc32)cn1. The van der Waals surface area contributed by atoms with Crippen LogP contribution in [-0.2, 0) is 13.6 Å². The summed E-state index contributed by atoms with van der Waals surface area (Å²) < 4.78 is 3.22. The second kappa shape index (κ2) is 4.37. The topological polar surface area (TPSA) is 92.9 Å². The van der Waals surface area contributed by atoms with Crippen molar-refractivity contribution in [3.63, 3.8) is 0 Å². The number of aryl methyl sites for hydroxylation is 1. The summed E-state index contributed by atoms with van der Waals surface area (Å²) in [6.07, 6.45) is 3.52. The van der Waals surface area contributed by atoms with Gasteiger partial charge < -0.3 is 10.1 Å². The molecule has 0 bridgehead atoms. The predicted octanol–water partition coefficient (Wildman–Crippen LogP) is 0.810. The fourth-order valence-electron chi connectivity index (χ4n) is 2.19. The van der Waals surface area contributed by atoms with Gasteiger partial charge in [-0.2, -0.15) is 5.10 Å². The Kier molecular flexibility index (Phi) is 2.67. The molecule has 0 unspecified atom stereocenters. The van der Waals surface area contributed by atoms with Gasteiger partial charge in [-0.25, -0.2) is 9.59 Å². The number of nitrogens with one attached hydrogen (secondary N) is 1. The van der Waals surface area contributed by atoms with Crippen molar-refractivity contribution in [1.29, 1.82) is 0 Å². The van der Waals surface area contributed by atoms with Crippen LogP contribution in [-0.4, -0.2) is 30.4 Å². The van der Waals surface area contributed by atoms with Crippen LogP contribution in [0, 0.1) is 0 Å². The Morgan fingerprint density at radius 2 is 2.25 bits per heavy atom. The highest BCUT2D eigenvalue weighted by Gasteiger charge is 2.11. The van der Waals surface area contributed by atoms with Gasteiger partial charge in [0.2, 0.25) is 0 Å². The number of carbonyl (C=O) groups is 1. The fraction of sp³-hybridized carbons (Fsp3) is 0.154. The molecule has 0 radical (unpaired) electrons. The number of nitrogens with zero attached hydrogens (tertiary/aromatic N) is 3. The van der Waals surface area contributed by atoms with Gasteiger partial charge in [0.05, 0.1) is 29.3 Å². The van der Waals surface area contributed by atoms with Crippen LogP contribution in [0.5, 0.6) is 0 Å². The van der Waals surface area contributed by atoms with Crippen molar-refractivity contribution < 1.29 is 9.90 Å².